The van der Waals surface area contributed by atoms with Crippen molar-refractivity contribution in [3.8, 4) is 0 Å². The molecule has 68 valence electrons. The summed E-state index contributed by atoms with van der Waals surface area (Å²) in [7, 11) is 0.975. The number of amides is 1. The van der Waals surface area contributed by atoms with Gasteiger partial charge in [0.1, 0.15) is 0 Å². The highest BCUT2D eigenvalue weighted by molar-refractivity contribution is 7.99. The van der Waals surface area contributed by atoms with E-state index in [-0.39, 0.29) is 16.7 Å². The molecule has 3 nitrogen and oxygen atoms in total. The van der Waals surface area contributed by atoms with Crippen molar-refractivity contribution in [1.29, 1.82) is 0 Å². The number of carboxylic acid groups (broad SMARTS) is 1. The van der Waals surface area contributed by atoms with Crippen molar-refractivity contribution in [3.05, 3.63) is 0 Å². The van der Waals surface area contributed by atoms with Crippen LogP contribution >= 0.6 is 23.5 Å². The maximum Gasteiger partial charge on any atom is 0.417 e. The maximum absolute atomic E-state index is 11.8. The fourth-order valence-electron chi connectivity index (χ4n) is 0.194. The molecule has 0 unspecified atom stereocenters. The summed E-state index contributed by atoms with van der Waals surface area (Å²) in [5.41, 5.74) is 0. The average molecular weight is 212 g/mol. The number of halogens is 4. The van der Waals surface area contributed by atoms with E-state index in [1.165, 1.54) is 0 Å². The molecule has 0 rings (SSSR count). The first-order chi connectivity index (χ1) is 4.33. The molecule has 0 aromatic carbocycles. The summed E-state index contributed by atoms with van der Waals surface area (Å²) < 4.78 is 20.3. The molecule has 1 N–H and O–H groups in total. The largest absolute Gasteiger partial charge is 0.464 e. The molecule has 0 aliphatic rings. The molecule has 0 saturated heterocycles. The smallest absolute Gasteiger partial charge is 0.417 e. The highest BCUT2D eigenvalue weighted by atomic mass is 35.5. The van der Waals surface area contributed by atoms with E-state index in [1.807, 2.05) is 0 Å². The van der Waals surface area contributed by atoms with E-state index in [2.05, 4.69) is 11.6 Å². The zero-order valence-corrected chi connectivity index (χ0v) is 6.83. The second-order valence-corrected chi connectivity index (χ2v) is 3.26. The minimum atomic E-state index is -3.56. The lowest BCUT2D eigenvalue weighted by Crippen LogP contribution is -2.21. The summed E-state index contributed by atoms with van der Waals surface area (Å²) in [6.45, 7) is 0. The van der Waals surface area contributed by atoms with Gasteiger partial charge in [0, 0.05) is 19.0 Å². The zero-order valence-electron chi connectivity index (χ0n) is 5.25. The normalized spacial score (nSPS) is 10.2. The standard InChI is InChI=1S/C3H4ClF2NO2S.FH/c1-7(2(8)9)10-3(4,5)6;/h1H3,(H,8,9);1H. The van der Waals surface area contributed by atoms with Crippen LogP contribution in [0.1, 0.15) is 0 Å². The summed E-state index contributed by atoms with van der Waals surface area (Å²) in [6, 6.07) is 0. The monoisotopic (exact) mass is 211 g/mol. The van der Waals surface area contributed by atoms with Gasteiger partial charge in [0.15, 0.2) is 0 Å². The molecule has 0 atom stereocenters. The molecule has 0 bridgehead atoms. The number of hydrogen-bond acceptors (Lipinski definition) is 2. The van der Waals surface area contributed by atoms with Gasteiger partial charge in [-0.1, -0.05) is 0 Å². The Balaban J connectivity index is 0. The van der Waals surface area contributed by atoms with Gasteiger partial charge in [-0.15, -0.1) is 0 Å². The van der Waals surface area contributed by atoms with E-state index in [1.54, 1.807) is 0 Å². The van der Waals surface area contributed by atoms with E-state index in [0.29, 0.717) is 4.31 Å². The Hall–Kier alpha value is -0.300. The predicted octanol–water partition coefficient (Wildman–Crippen LogP) is 2.19. The first-order valence-corrected chi connectivity index (χ1v) is 3.20. The van der Waals surface area contributed by atoms with Crippen LogP contribution in [0.15, 0.2) is 0 Å². The average Bonchev–Trinajstić information content (AvgIpc) is 1.60. The lowest BCUT2D eigenvalue weighted by Gasteiger charge is -2.13. The van der Waals surface area contributed by atoms with E-state index in [9.17, 15) is 13.6 Å². The molecular weight excluding hydrogens is 207 g/mol. The molecule has 0 saturated carbocycles. The van der Waals surface area contributed by atoms with Gasteiger partial charge in [-0.05, 0) is 11.6 Å². The molecular formula is C3H5ClF3NO2S. The molecule has 1 amide bonds. The van der Waals surface area contributed by atoms with Crippen molar-refractivity contribution in [2.75, 3.05) is 7.05 Å². The number of rotatable bonds is 2. The molecule has 0 aromatic rings. The fourth-order valence-corrected chi connectivity index (χ4v) is 0.893. The van der Waals surface area contributed by atoms with Crippen LogP contribution in [0, 0.1) is 0 Å². The van der Waals surface area contributed by atoms with Gasteiger partial charge in [0.05, 0.1) is 0 Å². The second-order valence-electron chi connectivity index (χ2n) is 1.32. The Morgan fingerprint density at radius 2 is 2.09 bits per heavy atom. The van der Waals surface area contributed by atoms with Crippen LogP contribution in [0.25, 0.3) is 0 Å². The fraction of sp³-hybridized carbons (Fsp3) is 0.667. The van der Waals surface area contributed by atoms with Gasteiger partial charge in [0.25, 0.3) is 0 Å². The number of alkyl halides is 3. The van der Waals surface area contributed by atoms with Gasteiger partial charge < -0.3 is 5.11 Å². The number of hydrogen-bond donors (Lipinski definition) is 1. The third kappa shape index (κ3) is 7.60. The SMILES string of the molecule is CN(SC(F)(F)Cl)C(=O)O.F. The van der Waals surface area contributed by atoms with Crippen LogP contribution < -0.4 is 0 Å². The summed E-state index contributed by atoms with van der Waals surface area (Å²) in [6.07, 6.45) is -1.47. The zero-order chi connectivity index (χ0) is 8.36. The van der Waals surface area contributed by atoms with Crippen molar-refractivity contribution in [2.24, 2.45) is 0 Å². The summed E-state index contributed by atoms with van der Waals surface area (Å²) in [5.74, 6) is 0. The summed E-state index contributed by atoms with van der Waals surface area (Å²) >= 11 is 4.13. The van der Waals surface area contributed by atoms with E-state index < -0.39 is 10.8 Å². The molecule has 0 aliphatic carbocycles. The van der Waals surface area contributed by atoms with Crippen molar-refractivity contribution in [3.63, 3.8) is 0 Å². The first kappa shape index (κ1) is 13.3. The molecule has 0 aromatic heterocycles. The third-order valence-corrected chi connectivity index (χ3v) is 1.35. The minimum absolute atomic E-state index is 0. The lowest BCUT2D eigenvalue weighted by molar-refractivity contribution is 0.171. The first-order valence-electron chi connectivity index (χ1n) is 2.05. The van der Waals surface area contributed by atoms with Crippen molar-refractivity contribution < 1.29 is 23.4 Å². The Morgan fingerprint density at radius 3 is 2.18 bits per heavy atom. The molecule has 11 heavy (non-hydrogen) atoms. The van der Waals surface area contributed by atoms with Crippen molar-refractivity contribution in [1.82, 2.24) is 4.31 Å². The van der Waals surface area contributed by atoms with Crippen LogP contribution in [0.3, 0.4) is 0 Å². The van der Waals surface area contributed by atoms with Crippen LogP contribution in [-0.2, 0) is 0 Å². The number of nitrogens with zero attached hydrogens (tertiary/aromatic N) is 1. The maximum atomic E-state index is 11.8. The van der Waals surface area contributed by atoms with Crippen molar-refractivity contribution in [2.45, 2.75) is 4.71 Å². The Bertz CT molecular complexity index is 141. The Kier molecular flexibility index (Phi) is 5.50. The second kappa shape index (κ2) is 4.55. The van der Waals surface area contributed by atoms with Gasteiger partial charge in [-0.25, -0.2) is 9.10 Å². The quantitative estimate of drug-likeness (QED) is 0.562. The predicted molar refractivity (Wildman–Crippen MR) is 36.7 cm³/mol. The topological polar surface area (TPSA) is 40.5 Å². The Morgan fingerprint density at radius 1 is 1.73 bits per heavy atom. The molecule has 0 aliphatic heterocycles. The minimum Gasteiger partial charge on any atom is -0.464 e. The lowest BCUT2D eigenvalue weighted by atomic mass is 11.1. The van der Waals surface area contributed by atoms with Crippen LogP contribution in [0.4, 0.5) is 18.3 Å². The van der Waals surface area contributed by atoms with Gasteiger partial charge >= 0.3 is 10.8 Å². The van der Waals surface area contributed by atoms with Crippen LogP contribution in [-0.4, -0.2) is 27.3 Å². The third-order valence-electron chi connectivity index (χ3n) is 0.510. The highest BCUT2D eigenvalue weighted by Gasteiger charge is 2.30. The molecule has 0 fully saturated rings. The summed E-state index contributed by atoms with van der Waals surface area (Å²) in [4.78, 5) is 9.89. The molecule has 0 radical (unpaired) electrons. The molecule has 0 heterocycles. The van der Waals surface area contributed by atoms with Gasteiger partial charge in [-0.2, -0.15) is 8.78 Å². The van der Waals surface area contributed by atoms with E-state index in [4.69, 9.17) is 5.11 Å². The van der Waals surface area contributed by atoms with E-state index >= 15 is 0 Å². The molecule has 0 spiro atoms. The van der Waals surface area contributed by atoms with Gasteiger partial charge in [-0.3, -0.25) is 4.70 Å². The number of carbonyl (C=O) groups is 1. The van der Waals surface area contributed by atoms with Crippen LogP contribution in [0.2, 0.25) is 0 Å². The summed E-state index contributed by atoms with van der Waals surface area (Å²) in [5, 5.41) is 8.06. The Labute approximate surface area is 69.8 Å². The van der Waals surface area contributed by atoms with Gasteiger partial charge in [0.2, 0.25) is 0 Å². The highest BCUT2D eigenvalue weighted by Crippen LogP contribution is 2.34. The molecule has 8 heteroatoms. The van der Waals surface area contributed by atoms with Crippen molar-refractivity contribution >= 4 is 29.6 Å². The van der Waals surface area contributed by atoms with E-state index in [0.717, 1.165) is 7.05 Å². The van der Waals surface area contributed by atoms with Crippen LogP contribution in [0.5, 0.6) is 0 Å².